The normalized spacial score (nSPS) is 17.4. The van der Waals surface area contributed by atoms with Crippen LogP contribution >= 0.6 is 0 Å². The summed E-state index contributed by atoms with van der Waals surface area (Å²) in [6.45, 7) is 6.71. The fourth-order valence-corrected chi connectivity index (χ4v) is 9.59. The number of fused-ring (bicyclic) bond motifs is 3. The van der Waals surface area contributed by atoms with Crippen LogP contribution in [0.25, 0.3) is 83.8 Å². The lowest BCUT2D eigenvalue weighted by atomic mass is 9.73. The van der Waals surface area contributed by atoms with E-state index in [9.17, 15) is 0 Å². The number of allylic oxidation sites excluding steroid dienone is 9. The van der Waals surface area contributed by atoms with E-state index in [0.29, 0.717) is 17.6 Å². The number of aromatic nitrogens is 4. The van der Waals surface area contributed by atoms with Crippen LogP contribution in [0.2, 0.25) is 0 Å². The van der Waals surface area contributed by atoms with Crippen molar-refractivity contribution in [1.29, 1.82) is 0 Å². The van der Waals surface area contributed by atoms with Gasteiger partial charge in [-0.3, -0.25) is 0 Å². The fraction of sp³-hybridized carbons (Fsp3) is 0.130. The molecule has 0 saturated carbocycles. The number of nitrogens with zero attached hydrogens (tertiary/aromatic N) is 4. The number of rotatable bonds is 6. The van der Waals surface area contributed by atoms with Crippen molar-refractivity contribution in [3.8, 4) is 22.8 Å². The maximum Gasteiger partial charge on any atom is 0.164 e. The minimum atomic E-state index is 0.0421. The van der Waals surface area contributed by atoms with Crippen LogP contribution in [0.15, 0.2) is 158 Å². The SMILES string of the molecule is C/C=C(\C)c1ccc2c3ccccc3n(C3=CC=C(c4ccc5c6c7c(ccc46)CC=C(c4nc(-c6ccccc6)nc(-c6ccccc6)n4)C7C=C5)C(C)C3)c2c1. The molecule has 58 heavy (non-hydrogen) atoms. The van der Waals surface area contributed by atoms with E-state index in [1.807, 2.05) is 36.4 Å². The largest absolute Gasteiger partial charge is 0.313 e. The van der Waals surface area contributed by atoms with Crippen molar-refractivity contribution >= 4 is 61.1 Å². The summed E-state index contributed by atoms with van der Waals surface area (Å²) in [5.41, 5.74) is 16.3. The molecule has 0 fully saturated rings. The van der Waals surface area contributed by atoms with E-state index in [4.69, 9.17) is 15.0 Å². The molecule has 3 aliphatic rings. The van der Waals surface area contributed by atoms with Crippen molar-refractivity contribution in [3.05, 3.63) is 191 Å². The van der Waals surface area contributed by atoms with Gasteiger partial charge in [-0.15, -0.1) is 0 Å². The average molecular weight is 747 g/mol. The van der Waals surface area contributed by atoms with Gasteiger partial charge in [-0.1, -0.05) is 153 Å². The Morgan fingerprint density at radius 2 is 1.36 bits per heavy atom. The molecule has 8 aromatic rings. The molecule has 2 atom stereocenters. The molecular formula is C54H42N4. The standard InChI is InChI=1S/C54H42N4/c1-4-33(2)39-23-26-44-43-17-11-12-18-48(43)58(49(44)32-39)40-24-30-41(34(3)31-40)42-25-19-35-21-28-46-47(29-22-36-20-27-45(42)50(35)51(36)46)54-56-52(37-13-7-5-8-14-37)55-53(57-54)38-15-9-6-10-16-38/h4-21,23-30,32,34,46H,22,31H2,1-3H3/b33-4+. The zero-order valence-corrected chi connectivity index (χ0v) is 32.9. The second kappa shape index (κ2) is 13.6. The Morgan fingerprint density at radius 1 is 0.672 bits per heavy atom. The third-order valence-corrected chi connectivity index (χ3v) is 12.6. The van der Waals surface area contributed by atoms with Crippen LogP contribution in [0, 0.1) is 5.92 Å². The van der Waals surface area contributed by atoms with Gasteiger partial charge < -0.3 is 4.57 Å². The van der Waals surface area contributed by atoms with Crippen LogP contribution in [-0.2, 0) is 6.42 Å². The lowest BCUT2D eigenvalue weighted by Crippen LogP contribution is -2.15. The van der Waals surface area contributed by atoms with E-state index < -0.39 is 0 Å². The van der Waals surface area contributed by atoms with Crippen molar-refractivity contribution < 1.29 is 0 Å². The molecule has 0 aliphatic heterocycles. The summed E-state index contributed by atoms with van der Waals surface area (Å²) in [5, 5.41) is 5.27. The van der Waals surface area contributed by atoms with Crippen LogP contribution in [0.5, 0.6) is 0 Å². The number of hydrogen-bond donors (Lipinski definition) is 0. The second-order valence-corrected chi connectivity index (χ2v) is 15.9. The molecule has 0 spiro atoms. The maximum atomic E-state index is 5.16. The molecule has 0 saturated heterocycles. The molecule has 2 heterocycles. The average Bonchev–Trinajstić information content (AvgIpc) is 3.62. The lowest BCUT2D eigenvalue weighted by Gasteiger charge is -2.31. The van der Waals surface area contributed by atoms with E-state index in [2.05, 4.69) is 153 Å². The molecule has 2 aromatic heterocycles. The van der Waals surface area contributed by atoms with Gasteiger partial charge in [0.15, 0.2) is 17.5 Å². The van der Waals surface area contributed by atoms with Gasteiger partial charge in [-0.05, 0) is 101 Å². The highest BCUT2D eigenvalue weighted by atomic mass is 15.0. The third kappa shape index (κ3) is 5.47. The summed E-state index contributed by atoms with van der Waals surface area (Å²) in [6.07, 6.45) is 15.8. The van der Waals surface area contributed by atoms with Gasteiger partial charge in [0.05, 0.1) is 11.0 Å². The van der Waals surface area contributed by atoms with E-state index in [-0.39, 0.29) is 5.92 Å². The molecule has 3 aliphatic carbocycles. The summed E-state index contributed by atoms with van der Waals surface area (Å²) in [6, 6.07) is 45.7. The van der Waals surface area contributed by atoms with E-state index >= 15 is 0 Å². The maximum absolute atomic E-state index is 5.16. The Bertz CT molecular complexity index is 3080. The second-order valence-electron chi connectivity index (χ2n) is 15.9. The van der Waals surface area contributed by atoms with Crippen LogP contribution in [0.4, 0.5) is 0 Å². The van der Waals surface area contributed by atoms with Gasteiger partial charge in [0.2, 0.25) is 0 Å². The molecular weight excluding hydrogens is 705 g/mol. The lowest BCUT2D eigenvalue weighted by molar-refractivity contribution is 0.751. The minimum Gasteiger partial charge on any atom is -0.313 e. The Morgan fingerprint density at radius 3 is 2.10 bits per heavy atom. The van der Waals surface area contributed by atoms with Crippen LogP contribution in [0.3, 0.4) is 0 Å². The van der Waals surface area contributed by atoms with Crippen LogP contribution < -0.4 is 0 Å². The number of benzene rings is 6. The van der Waals surface area contributed by atoms with Crippen molar-refractivity contribution in [2.75, 3.05) is 0 Å². The Hall–Kier alpha value is -6.91. The monoisotopic (exact) mass is 746 g/mol. The van der Waals surface area contributed by atoms with Gasteiger partial charge in [0.25, 0.3) is 0 Å². The number of hydrogen-bond acceptors (Lipinski definition) is 3. The fourth-order valence-electron chi connectivity index (χ4n) is 9.59. The highest BCUT2D eigenvalue weighted by Gasteiger charge is 2.31. The Kier molecular flexibility index (Phi) is 8.07. The Balaban J connectivity index is 1.02. The van der Waals surface area contributed by atoms with Gasteiger partial charge in [0.1, 0.15) is 0 Å². The summed E-state index contributed by atoms with van der Waals surface area (Å²) in [7, 11) is 0. The van der Waals surface area contributed by atoms with E-state index in [1.165, 1.54) is 77.2 Å². The first-order chi connectivity index (χ1) is 28.5. The highest BCUT2D eigenvalue weighted by Crippen LogP contribution is 2.49. The van der Waals surface area contributed by atoms with Gasteiger partial charge in [-0.25, -0.2) is 15.0 Å². The van der Waals surface area contributed by atoms with Crippen molar-refractivity contribution in [2.24, 2.45) is 5.92 Å². The Labute approximate surface area is 339 Å². The van der Waals surface area contributed by atoms with Gasteiger partial charge in [-0.2, -0.15) is 0 Å². The van der Waals surface area contributed by atoms with Gasteiger partial charge in [0, 0.05) is 39.1 Å². The van der Waals surface area contributed by atoms with Crippen molar-refractivity contribution in [2.45, 2.75) is 39.5 Å². The van der Waals surface area contributed by atoms with Gasteiger partial charge >= 0.3 is 0 Å². The minimum absolute atomic E-state index is 0.0421. The smallest absolute Gasteiger partial charge is 0.164 e. The molecule has 4 heteroatoms. The molecule has 4 nitrogen and oxygen atoms in total. The zero-order valence-electron chi connectivity index (χ0n) is 32.9. The first-order valence-corrected chi connectivity index (χ1v) is 20.5. The molecule has 0 bridgehead atoms. The predicted octanol–water partition coefficient (Wildman–Crippen LogP) is 13.6. The summed E-state index contributed by atoms with van der Waals surface area (Å²) in [4.78, 5) is 15.3. The van der Waals surface area contributed by atoms with E-state index in [0.717, 1.165) is 35.4 Å². The van der Waals surface area contributed by atoms with Crippen molar-refractivity contribution in [1.82, 2.24) is 19.5 Å². The van der Waals surface area contributed by atoms with Crippen LogP contribution in [0.1, 0.15) is 66.8 Å². The summed E-state index contributed by atoms with van der Waals surface area (Å²) >= 11 is 0. The first-order valence-electron chi connectivity index (χ1n) is 20.5. The molecule has 278 valence electrons. The molecule has 2 unspecified atom stereocenters. The van der Waals surface area contributed by atoms with Crippen LogP contribution in [-0.4, -0.2) is 19.5 Å². The molecule has 11 rings (SSSR count). The first kappa shape index (κ1) is 34.3. The zero-order chi connectivity index (χ0) is 38.9. The predicted molar refractivity (Wildman–Crippen MR) is 243 cm³/mol. The summed E-state index contributed by atoms with van der Waals surface area (Å²) < 4.78 is 2.51. The quantitative estimate of drug-likeness (QED) is 0.170. The molecule has 0 N–H and O–H groups in total. The number of para-hydroxylation sites is 1. The molecule has 6 aromatic carbocycles. The summed E-state index contributed by atoms with van der Waals surface area (Å²) in [5.74, 6) is 2.49. The molecule has 0 radical (unpaired) electrons. The molecule has 0 amide bonds. The van der Waals surface area contributed by atoms with Crippen molar-refractivity contribution in [3.63, 3.8) is 0 Å². The van der Waals surface area contributed by atoms with E-state index in [1.54, 1.807) is 0 Å². The topological polar surface area (TPSA) is 43.6 Å². The highest BCUT2D eigenvalue weighted by molar-refractivity contribution is 6.11. The third-order valence-electron chi connectivity index (χ3n) is 12.6.